The van der Waals surface area contributed by atoms with Gasteiger partial charge in [-0.3, -0.25) is 4.79 Å². The standard InChI is InChI=1S/C12H21N3O/c1-3-4-11(14-2)10-5-7-15(9-10)8-6-12(13)16/h5,7,9,11,14H,3-4,6,8H2,1-2H3,(H2,13,16). The van der Waals surface area contributed by atoms with E-state index in [9.17, 15) is 4.79 Å². The fourth-order valence-electron chi connectivity index (χ4n) is 1.81. The zero-order chi connectivity index (χ0) is 12.0. The monoisotopic (exact) mass is 223 g/mol. The molecule has 0 fully saturated rings. The van der Waals surface area contributed by atoms with E-state index in [0.717, 1.165) is 12.8 Å². The first kappa shape index (κ1) is 12.8. The van der Waals surface area contributed by atoms with E-state index < -0.39 is 0 Å². The third-order valence-electron chi connectivity index (χ3n) is 2.72. The Bertz CT molecular complexity index is 333. The number of nitrogens with zero attached hydrogens (tertiary/aromatic N) is 1. The molecule has 1 aromatic rings. The average molecular weight is 223 g/mol. The molecule has 0 radical (unpaired) electrons. The second-order valence-corrected chi connectivity index (χ2v) is 4.03. The van der Waals surface area contributed by atoms with Crippen molar-refractivity contribution < 1.29 is 4.79 Å². The summed E-state index contributed by atoms with van der Waals surface area (Å²) in [5.41, 5.74) is 6.39. The highest BCUT2D eigenvalue weighted by atomic mass is 16.1. The third kappa shape index (κ3) is 3.70. The number of aryl methyl sites for hydroxylation is 1. The van der Waals surface area contributed by atoms with Gasteiger partial charge in [-0.25, -0.2) is 0 Å². The number of rotatable bonds is 7. The van der Waals surface area contributed by atoms with Crippen molar-refractivity contribution in [3.8, 4) is 0 Å². The molecular formula is C12H21N3O. The molecule has 1 amide bonds. The Balaban J connectivity index is 2.58. The van der Waals surface area contributed by atoms with Gasteiger partial charge in [0.15, 0.2) is 0 Å². The molecule has 1 aromatic heterocycles. The Labute approximate surface area is 96.8 Å². The van der Waals surface area contributed by atoms with Crippen LogP contribution in [-0.4, -0.2) is 17.5 Å². The molecule has 0 aliphatic rings. The summed E-state index contributed by atoms with van der Waals surface area (Å²) in [6, 6.07) is 2.50. The lowest BCUT2D eigenvalue weighted by Gasteiger charge is -2.13. The smallest absolute Gasteiger partial charge is 0.219 e. The van der Waals surface area contributed by atoms with Gasteiger partial charge in [-0.15, -0.1) is 0 Å². The minimum atomic E-state index is -0.256. The molecule has 90 valence electrons. The predicted molar refractivity (Wildman–Crippen MR) is 65.0 cm³/mol. The summed E-state index contributed by atoms with van der Waals surface area (Å²) in [4.78, 5) is 10.7. The number of carbonyl (C=O) groups is 1. The molecule has 0 saturated heterocycles. The van der Waals surface area contributed by atoms with Crippen molar-refractivity contribution in [2.45, 2.75) is 38.8 Å². The lowest BCUT2D eigenvalue weighted by molar-refractivity contribution is -0.118. The van der Waals surface area contributed by atoms with E-state index in [-0.39, 0.29) is 5.91 Å². The Morgan fingerprint density at radius 1 is 1.62 bits per heavy atom. The number of hydrogen-bond donors (Lipinski definition) is 2. The molecule has 16 heavy (non-hydrogen) atoms. The first-order valence-corrected chi connectivity index (χ1v) is 5.78. The van der Waals surface area contributed by atoms with E-state index in [2.05, 4.69) is 24.5 Å². The van der Waals surface area contributed by atoms with Crippen LogP contribution in [-0.2, 0) is 11.3 Å². The summed E-state index contributed by atoms with van der Waals surface area (Å²) in [6.45, 7) is 2.84. The van der Waals surface area contributed by atoms with Gasteiger partial charge in [-0.2, -0.15) is 0 Å². The summed E-state index contributed by atoms with van der Waals surface area (Å²) in [5, 5.41) is 3.29. The largest absolute Gasteiger partial charge is 0.370 e. The van der Waals surface area contributed by atoms with Crippen LogP contribution in [0.2, 0.25) is 0 Å². The van der Waals surface area contributed by atoms with Crippen LogP contribution in [0.1, 0.15) is 37.8 Å². The molecule has 0 saturated carbocycles. The summed E-state index contributed by atoms with van der Waals surface area (Å²) in [5.74, 6) is -0.256. The number of nitrogens with two attached hydrogens (primary N) is 1. The highest BCUT2D eigenvalue weighted by Crippen LogP contribution is 2.18. The van der Waals surface area contributed by atoms with Crippen LogP contribution in [0.15, 0.2) is 18.5 Å². The Morgan fingerprint density at radius 3 is 2.94 bits per heavy atom. The number of hydrogen-bond acceptors (Lipinski definition) is 2. The number of aromatic nitrogens is 1. The lowest BCUT2D eigenvalue weighted by atomic mass is 10.1. The Morgan fingerprint density at radius 2 is 2.38 bits per heavy atom. The number of amides is 1. The second-order valence-electron chi connectivity index (χ2n) is 4.03. The quantitative estimate of drug-likeness (QED) is 0.734. The predicted octanol–water partition coefficient (Wildman–Crippen LogP) is 1.42. The molecule has 4 nitrogen and oxygen atoms in total. The van der Waals surface area contributed by atoms with Crippen molar-refractivity contribution in [3.63, 3.8) is 0 Å². The van der Waals surface area contributed by atoms with Crippen molar-refractivity contribution in [1.29, 1.82) is 0 Å². The molecule has 3 N–H and O–H groups in total. The van der Waals surface area contributed by atoms with Crippen molar-refractivity contribution in [2.75, 3.05) is 7.05 Å². The molecule has 0 aliphatic carbocycles. The summed E-state index contributed by atoms with van der Waals surface area (Å²) < 4.78 is 2.01. The van der Waals surface area contributed by atoms with Gasteiger partial charge in [0.05, 0.1) is 0 Å². The van der Waals surface area contributed by atoms with Gasteiger partial charge in [0.1, 0.15) is 0 Å². The number of primary amides is 1. The van der Waals surface area contributed by atoms with Gasteiger partial charge in [-0.1, -0.05) is 13.3 Å². The first-order chi connectivity index (χ1) is 7.67. The van der Waals surface area contributed by atoms with E-state index in [0.29, 0.717) is 19.0 Å². The van der Waals surface area contributed by atoms with Gasteiger partial charge in [-0.05, 0) is 25.1 Å². The zero-order valence-electron chi connectivity index (χ0n) is 10.1. The molecular weight excluding hydrogens is 202 g/mol. The van der Waals surface area contributed by atoms with E-state index >= 15 is 0 Å². The molecule has 0 aliphatic heterocycles. The maximum atomic E-state index is 10.7. The van der Waals surface area contributed by atoms with E-state index in [1.807, 2.05) is 17.8 Å². The maximum Gasteiger partial charge on any atom is 0.219 e. The second kappa shape index (κ2) is 6.33. The first-order valence-electron chi connectivity index (χ1n) is 5.78. The Kier molecular flexibility index (Phi) is 5.05. The number of nitrogens with one attached hydrogen (secondary N) is 1. The van der Waals surface area contributed by atoms with E-state index in [1.165, 1.54) is 5.56 Å². The van der Waals surface area contributed by atoms with Crippen LogP contribution in [0.25, 0.3) is 0 Å². The molecule has 1 rings (SSSR count). The lowest BCUT2D eigenvalue weighted by Crippen LogP contribution is -2.15. The maximum absolute atomic E-state index is 10.7. The van der Waals surface area contributed by atoms with Gasteiger partial charge >= 0.3 is 0 Å². The minimum Gasteiger partial charge on any atom is -0.370 e. The highest BCUT2D eigenvalue weighted by Gasteiger charge is 2.09. The van der Waals surface area contributed by atoms with Crippen molar-refractivity contribution in [2.24, 2.45) is 5.73 Å². The summed E-state index contributed by atoms with van der Waals surface area (Å²) in [6.07, 6.45) is 6.75. The van der Waals surface area contributed by atoms with Crippen molar-refractivity contribution in [1.82, 2.24) is 9.88 Å². The van der Waals surface area contributed by atoms with Gasteiger partial charge < -0.3 is 15.6 Å². The average Bonchev–Trinajstić information content (AvgIpc) is 2.71. The van der Waals surface area contributed by atoms with Crippen molar-refractivity contribution in [3.05, 3.63) is 24.0 Å². The molecule has 0 aromatic carbocycles. The number of carbonyl (C=O) groups excluding carboxylic acids is 1. The Hall–Kier alpha value is -1.29. The van der Waals surface area contributed by atoms with E-state index in [4.69, 9.17) is 5.73 Å². The molecule has 0 spiro atoms. The normalized spacial score (nSPS) is 12.6. The topological polar surface area (TPSA) is 60.1 Å². The molecule has 0 bridgehead atoms. The summed E-state index contributed by atoms with van der Waals surface area (Å²) >= 11 is 0. The van der Waals surface area contributed by atoms with Crippen LogP contribution in [0.4, 0.5) is 0 Å². The van der Waals surface area contributed by atoms with E-state index in [1.54, 1.807) is 0 Å². The molecule has 1 atom stereocenters. The van der Waals surface area contributed by atoms with Crippen LogP contribution in [0, 0.1) is 0 Å². The van der Waals surface area contributed by atoms with Gasteiger partial charge in [0.2, 0.25) is 5.91 Å². The van der Waals surface area contributed by atoms with Crippen LogP contribution < -0.4 is 11.1 Å². The summed E-state index contributed by atoms with van der Waals surface area (Å²) in [7, 11) is 1.97. The van der Waals surface area contributed by atoms with Crippen LogP contribution in [0.3, 0.4) is 0 Å². The fourth-order valence-corrected chi connectivity index (χ4v) is 1.81. The van der Waals surface area contributed by atoms with Crippen molar-refractivity contribution >= 4 is 5.91 Å². The van der Waals surface area contributed by atoms with Gasteiger partial charge in [0.25, 0.3) is 0 Å². The van der Waals surface area contributed by atoms with Gasteiger partial charge in [0, 0.05) is 31.4 Å². The molecule has 4 heteroatoms. The third-order valence-corrected chi connectivity index (χ3v) is 2.72. The molecule has 1 unspecified atom stereocenters. The van der Waals surface area contributed by atoms with Crippen LogP contribution >= 0.6 is 0 Å². The SMILES string of the molecule is CCCC(NC)c1ccn(CCC(N)=O)c1. The van der Waals surface area contributed by atoms with Crippen LogP contribution in [0.5, 0.6) is 0 Å². The highest BCUT2D eigenvalue weighted by molar-refractivity contribution is 5.73. The minimum absolute atomic E-state index is 0.256. The molecule has 1 heterocycles. The zero-order valence-corrected chi connectivity index (χ0v) is 10.1. The fraction of sp³-hybridized carbons (Fsp3) is 0.583.